The number of hydrogen-bond donors (Lipinski definition) is 1. The summed E-state index contributed by atoms with van der Waals surface area (Å²) in [4.78, 5) is 0. The lowest BCUT2D eigenvalue weighted by Crippen LogP contribution is -2.55. The molecule has 0 aliphatic carbocycles. The molecule has 55 heavy (non-hydrogen) atoms. The van der Waals surface area contributed by atoms with Gasteiger partial charge < -0.3 is 28.8 Å². The quantitative estimate of drug-likeness (QED) is 0.238. The van der Waals surface area contributed by atoms with Crippen LogP contribution < -0.4 is 0 Å². The Morgan fingerprint density at radius 1 is 0.382 bits per heavy atom. The molecule has 0 saturated carbocycles. The van der Waals surface area contributed by atoms with Crippen LogP contribution in [0.2, 0.25) is 0 Å². The Labute approximate surface area is 343 Å². The molecule has 0 bridgehead atoms. The summed E-state index contributed by atoms with van der Waals surface area (Å²) in [7, 11) is 0. The SMILES string of the molecule is CC[C@@H](C)C1OC(C)C(C)[C@@H](C)[C@@H]1C.CC[C@@H](C)C1O[C@H](C)C(O)[C@@H](C)[C@@H]1C.CC[C@@H](C)C1O[C@H](OC2[C@@H](C)[C@H](C)C([C@H](C)CC)O[C@@H]2C)C(C)[C@@H](C)[C@@H]1C. The van der Waals surface area contributed by atoms with Crippen molar-refractivity contribution in [3.8, 4) is 0 Å². The van der Waals surface area contributed by atoms with Crippen LogP contribution in [0.1, 0.15) is 171 Å². The smallest absolute Gasteiger partial charge is 0.161 e. The van der Waals surface area contributed by atoms with Crippen molar-refractivity contribution in [3.63, 3.8) is 0 Å². The first kappa shape index (κ1) is 50.9. The maximum atomic E-state index is 9.86. The van der Waals surface area contributed by atoms with Crippen LogP contribution in [0, 0.1) is 82.9 Å². The highest BCUT2D eigenvalue weighted by Gasteiger charge is 2.47. The minimum atomic E-state index is -0.301. The van der Waals surface area contributed by atoms with E-state index in [1.807, 2.05) is 6.92 Å². The molecule has 6 heteroatoms. The third-order valence-corrected chi connectivity index (χ3v) is 16.7. The number of ether oxygens (including phenoxy) is 5. The Hall–Kier alpha value is -0.240. The van der Waals surface area contributed by atoms with Crippen molar-refractivity contribution in [1.29, 1.82) is 0 Å². The Bertz CT molecular complexity index is 1010. The Morgan fingerprint density at radius 3 is 1.13 bits per heavy atom. The van der Waals surface area contributed by atoms with Gasteiger partial charge in [-0.1, -0.05) is 150 Å². The fraction of sp³-hybridized carbons (Fsp3) is 1.00. The molecule has 0 amide bonds. The maximum Gasteiger partial charge on any atom is 0.161 e. The molecule has 0 aromatic carbocycles. The second kappa shape index (κ2) is 22.9. The average molecular weight is 781 g/mol. The summed E-state index contributed by atoms with van der Waals surface area (Å²) in [6, 6.07) is 0. The lowest BCUT2D eigenvalue weighted by molar-refractivity contribution is -0.306. The number of hydrogen-bond acceptors (Lipinski definition) is 6. The van der Waals surface area contributed by atoms with Crippen LogP contribution in [-0.4, -0.2) is 66.3 Å². The van der Waals surface area contributed by atoms with E-state index >= 15 is 0 Å². The van der Waals surface area contributed by atoms with Gasteiger partial charge in [0.05, 0.1) is 54.9 Å². The topological polar surface area (TPSA) is 66.4 Å². The molecule has 9 unspecified atom stereocenters. The van der Waals surface area contributed by atoms with E-state index in [9.17, 15) is 5.11 Å². The Morgan fingerprint density at radius 2 is 0.709 bits per heavy atom. The van der Waals surface area contributed by atoms with Gasteiger partial charge in [-0.2, -0.15) is 0 Å². The lowest BCUT2D eigenvalue weighted by atomic mass is 9.73. The summed E-state index contributed by atoms with van der Waals surface area (Å²) in [6.07, 6.45) is 6.29. The second-order valence-electron chi connectivity index (χ2n) is 20.1. The normalized spacial score (nSPS) is 47.2. The second-order valence-corrected chi connectivity index (χ2v) is 20.1. The van der Waals surface area contributed by atoms with Crippen molar-refractivity contribution in [2.45, 2.75) is 232 Å². The third kappa shape index (κ3) is 12.4. The van der Waals surface area contributed by atoms with Crippen molar-refractivity contribution in [1.82, 2.24) is 0 Å². The first-order chi connectivity index (χ1) is 25.6. The van der Waals surface area contributed by atoms with Crippen LogP contribution in [0.5, 0.6) is 0 Å². The van der Waals surface area contributed by atoms with Crippen molar-refractivity contribution in [2.75, 3.05) is 0 Å². The first-order valence-electron chi connectivity index (χ1n) is 23.6. The van der Waals surface area contributed by atoms with Gasteiger partial charge in [-0.15, -0.1) is 0 Å². The van der Waals surface area contributed by atoms with Crippen molar-refractivity contribution in [2.24, 2.45) is 82.9 Å². The molecule has 0 aromatic rings. The predicted octanol–water partition coefficient (Wildman–Crippen LogP) is 12.3. The summed E-state index contributed by atoms with van der Waals surface area (Å²) in [6.45, 7) is 47.6. The van der Waals surface area contributed by atoms with Crippen LogP contribution in [0.4, 0.5) is 0 Å². The number of aliphatic hydroxyl groups is 1. The van der Waals surface area contributed by atoms with Crippen LogP contribution in [0.3, 0.4) is 0 Å². The summed E-state index contributed by atoms with van der Waals surface area (Å²) < 4.78 is 31.8. The molecular weight excluding hydrogens is 685 g/mol. The standard InChI is InChI=1S/C24H46O3.C13H26O.C12H24O2/c1-11-13(3)21-17(7)18(8)23(20(10)25-21)27-24-19(9)15(5)16(6)22(26-24)14(4)12-2;1-7-8(2)13-11(5)9(3)10(4)12(6)14-13;1-6-7(2)12-9(4)8(3)11(13)10(5)14-12/h13-24H,11-12H2,1-10H3;8-13H,7H2,1-6H3;7-13H,6H2,1-5H3/t13-,14-,15+,16+,17+,18+,19?,20-,21?,22?,23?,24-;8-,9-,10?,11+,12?,13?;7-,8+,9+,10-,11?,12?/m111/s1. The van der Waals surface area contributed by atoms with E-state index in [1.54, 1.807) is 0 Å². The van der Waals surface area contributed by atoms with E-state index < -0.39 is 0 Å². The van der Waals surface area contributed by atoms with Crippen LogP contribution in [0.15, 0.2) is 0 Å². The van der Waals surface area contributed by atoms with E-state index in [0.717, 1.165) is 25.2 Å². The molecule has 0 aromatic heterocycles. The van der Waals surface area contributed by atoms with Gasteiger partial charge in [0, 0.05) is 5.92 Å². The van der Waals surface area contributed by atoms with Crippen molar-refractivity contribution >= 4 is 0 Å². The summed E-state index contributed by atoms with van der Waals surface area (Å²) in [5, 5.41) is 9.86. The molecule has 4 rings (SSSR count). The van der Waals surface area contributed by atoms with Gasteiger partial charge in [0.2, 0.25) is 0 Å². The van der Waals surface area contributed by atoms with Gasteiger partial charge in [-0.3, -0.25) is 0 Å². The lowest BCUT2D eigenvalue weighted by Gasteiger charge is -2.50. The van der Waals surface area contributed by atoms with E-state index in [1.165, 1.54) is 6.42 Å². The molecule has 4 aliphatic heterocycles. The molecule has 24 atom stereocenters. The monoisotopic (exact) mass is 781 g/mol. The minimum absolute atomic E-state index is 0.0137. The fourth-order valence-electron chi connectivity index (χ4n) is 10.2. The van der Waals surface area contributed by atoms with Gasteiger partial charge >= 0.3 is 0 Å². The van der Waals surface area contributed by atoms with Crippen LogP contribution >= 0.6 is 0 Å². The van der Waals surface area contributed by atoms with E-state index in [4.69, 9.17) is 23.7 Å². The molecular formula is C49H96O6. The summed E-state index contributed by atoms with van der Waals surface area (Å²) in [5.74, 6) is 7.98. The zero-order chi connectivity index (χ0) is 42.2. The van der Waals surface area contributed by atoms with Gasteiger partial charge in [0.1, 0.15) is 0 Å². The molecule has 1 N–H and O–H groups in total. The highest BCUT2D eigenvalue weighted by molar-refractivity contribution is 4.92. The molecule has 6 nitrogen and oxygen atoms in total. The van der Waals surface area contributed by atoms with Gasteiger partial charge in [-0.25, -0.2) is 0 Å². The Kier molecular flexibility index (Phi) is 21.2. The molecule has 328 valence electrons. The predicted molar refractivity (Wildman–Crippen MR) is 232 cm³/mol. The van der Waals surface area contributed by atoms with Gasteiger partial charge in [0.15, 0.2) is 6.29 Å². The third-order valence-electron chi connectivity index (χ3n) is 16.7. The Balaban J connectivity index is 0.000000314. The first-order valence-corrected chi connectivity index (χ1v) is 23.6. The largest absolute Gasteiger partial charge is 0.390 e. The number of aliphatic hydroxyl groups excluding tert-OH is 1. The highest BCUT2D eigenvalue weighted by atomic mass is 16.7. The van der Waals surface area contributed by atoms with Crippen LogP contribution in [-0.2, 0) is 23.7 Å². The molecule has 4 saturated heterocycles. The molecule has 4 aliphatic rings. The fourth-order valence-corrected chi connectivity index (χ4v) is 10.2. The summed E-state index contributed by atoms with van der Waals surface area (Å²) >= 11 is 0. The van der Waals surface area contributed by atoms with Crippen molar-refractivity contribution in [3.05, 3.63) is 0 Å². The zero-order valence-corrected chi connectivity index (χ0v) is 40.2. The van der Waals surface area contributed by atoms with Crippen molar-refractivity contribution < 1.29 is 28.8 Å². The maximum absolute atomic E-state index is 9.86. The summed E-state index contributed by atoms with van der Waals surface area (Å²) in [5.41, 5.74) is 0. The van der Waals surface area contributed by atoms with Crippen LogP contribution in [0.25, 0.3) is 0 Å². The molecule has 0 radical (unpaired) electrons. The minimum Gasteiger partial charge on any atom is -0.390 e. The van der Waals surface area contributed by atoms with E-state index in [-0.39, 0.29) is 36.8 Å². The van der Waals surface area contributed by atoms with Gasteiger partial charge in [-0.05, 0) is 97.7 Å². The van der Waals surface area contributed by atoms with E-state index in [0.29, 0.717) is 101 Å². The molecule has 4 heterocycles. The zero-order valence-electron chi connectivity index (χ0n) is 40.2. The van der Waals surface area contributed by atoms with Gasteiger partial charge in [0.25, 0.3) is 0 Å². The number of rotatable bonds is 10. The van der Waals surface area contributed by atoms with E-state index in [2.05, 4.69) is 138 Å². The average Bonchev–Trinajstić information content (AvgIpc) is 3.17. The molecule has 0 spiro atoms. The molecule has 4 fully saturated rings. The highest BCUT2D eigenvalue weighted by Crippen LogP contribution is 2.43.